The van der Waals surface area contributed by atoms with Crippen LogP contribution in [0.15, 0.2) is 73.3 Å². The number of imidazole rings is 2. The second-order valence-electron chi connectivity index (χ2n) is 13.6. The van der Waals surface area contributed by atoms with E-state index in [2.05, 4.69) is 30.6 Å². The van der Waals surface area contributed by atoms with E-state index in [0.29, 0.717) is 0 Å². The minimum atomic E-state index is -1.00. The molecule has 2 heterocycles. The molecule has 298 valence electrons. The predicted octanol–water partition coefficient (Wildman–Crippen LogP) is 3.75. The topological polar surface area (TPSA) is 209 Å². The van der Waals surface area contributed by atoms with Crippen LogP contribution in [0.2, 0.25) is 0 Å². The van der Waals surface area contributed by atoms with Crippen molar-refractivity contribution >= 4 is 35.6 Å². The third-order valence-electron chi connectivity index (χ3n) is 8.98. The van der Waals surface area contributed by atoms with Crippen molar-refractivity contribution in [1.29, 1.82) is 0 Å². The molecule has 2 atom stereocenters. The van der Waals surface area contributed by atoms with Gasteiger partial charge in [-0.1, -0.05) is 88.4 Å². The van der Waals surface area contributed by atoms with Crippen LogP contribution >= 0.6 is 0 Å². The van der Waals surface area contributed by atoms with Crippen molar-refractivity contribution in [3.8, 4) is 0 Å². The van der Waals surface area contributed by atoms with Gasteiger partial charge in [0.2, 0.25) is 0 Å². The number of aromatic amines is 2. The summed E-state index contributed by atoms with van der Waals surface area (Å²) in [5.74, 6) is -4.48. The van der Waals surface area contributed by atoms with Crippen LogP contribution in [0.3, 0.4) is 0 Å². The molecule has 0 bridgehead atoms. The van der Waals surface area contributed by atoms with E-state index < -0.39 is 47.7 Å². The molecule has 0 saturated carbocycles. The summed E-state index contributed by atoms with van der Waals surface area (Å²) in [7, 11) is 0. The number of nitrogens with zero attached hydrogens (tertiary/aromatic N) is 4. The number of carbonyl (C=O) groups excluding carboxylic acids is 6. The van der Waals surface area contributed by atoms with Gasteiger partial charge in [-0.3, -0.25) is 19.2 Å². The first kappa shape index (κ1) is 42.4. The summed E-state index contributed by atoms with van der Waals surface area (Å²) in [6.07, 6.45) is 2.43. The SMILES string of the molecule is CCN(CCN(CC)C(=O)c1[nH]cnc1C(=O)N[C@H](C(=O)OCc1ccccc1)C(C)C)C(=O)c1[nH]cnc1C(=O)N[C@H](C(=O)OCc1ccccc1)C(C)C. The van der Waals surface area contributed by atoms with Gasteiger partial charge < -0.3 is 39.9 Å². The number of aromatic nitrogens is 4. The Morgan fingerprint density at radius 2 is 0.964 bits per heavy atom. The zero-order valence-electron chi connectivity index (χ0n) is 32.5. The van der Waals surface area contributed by atoms with E-state index in [4.69, 9.17) is 9.47 Å². The zero-order valence-corrected chi connectivity index (χ0v) is 32.5. The van der Waals surface area contributed by atoms with E-state index >= 15 is 0 Å². The third kappa shape index (κ3) is 11.1. The van der Waals surface area contributed by atoms with Gasteiger partial charge >= 0.3 is 11.9 Å². The molecule has 56 heavy (non-hydrogen) atoms. The second-order valence-corrected chi connectivity index (χ2v) is 13.6. The molecule has 16 heteroatoms. The van der Waals surface area contributed by atoms with Crippen LogP contribution in [0.1, 0.15) is 94.6 Å². The lowest BCUT2D eigenvalue weighted by Gasteiger charge is -2.26. The Labute approximate surface area is 325 Å². The molecule has 0 aliphatic carbocycles. The number of hydrogen-bond donors (Lipinski definition) is 4. The molecule has 2 aromatic carbocycles. The van der Waals surface area contributed by atoms with E-state index in [1.54, 1.807) is 41.5 Å². The van der Waals surface area contributed by atoms with Crippen LogP contribution in [0, 0.1) is 11.8 Å². The predicted molar refractivity (Wildman–Crippen MR) is 205 cm³/mol. The average Bonchev–Trinajstić information content (AvgIpc) is 3.90. The molecule has 16 nitrogen and oxygen atoms in total. The molecule has 4 amide bonds. The Kier molecular flexibility index (Phi) is 15.4. The first-order valence-corrected chi connectivity index (χ1v) is 18.5. The van der Waals surface area contributed by atoms with Crippen molar-refractivity contribution in [2.75, 3.05) is 26.2 Å². The molecular weight excluding hydrogens is 720 g/mol. The van der Waals surface area contributed by atoms with E-state index in [-0.39, 0.29) is 74.0 Å². The van der Waals surface area contributed by atoms with Crippen LogP contribution in [-0.4, -0.2) is 104 Å². The molecule has 4 rings (SSSR count). The highest BCUT2D eigenvalue weighted by atomic mass is 16.5. The summed E-state index contributed by atoms with van der Waals surface area (Å²) in [5, 5.41) is 5.32. The van der Waals surface area contributed by atoms with Gasteiger partial charge in [0, 0.05) is 26.2 Å². The van der Waals surface area contributed by atoms with Crippen molar-refractivity contribution < 1.29 is 38.2 Å². The normalized spacial score (nSPS) is 12.1. The summed E-state index contributed by atoms with van der Waals surface area (Å²) in [5.41, 5.74) is 1.01. The molecule has 0 unspecified atom stereocenters. The molecule has 0 radical (unpaired) electrons. The first-order valence-electron chi connectivity index (χ1n) is 18.5. The van der Waals surface area contributed by atoms with E-state index in [9.17, 15) is 28.8 Å². The first-order chi connectivity index (χ1) is 26.9. The zero-order chi connectivity index (χ0) is 40.8. The van der Waals surface area contributed by atoms with Crippen molar-refractivity contribution in [3.63, 3.8) is 0 Å². The van der Waals surface area contributed by atoms with Gasteiger partial charge in [0.1, 0.15) is 36.7 Å². The summed E-state index contributed by atoms with van der Waals surface area (Å²) >= 11 is 0. The molecule has 2 aromatic heterocycles. The molecule has 0 saturated heterocycles. The van der Waals surface area contributed by atoms with Crippen LogP contribution < -0.4 is 10.6 Å². The average molecular weight is 771 g/mol. The maximum atomic E-state index is 13.7. The Morgan fingerprint density at radius 1 is 0.607 bits per heavy atom. The highest BCUT2D eigenvalue weighted by Gasteiger charge is 2.32. The smallest absolute Gasteiger partial charge is 0.329 e. The van der Waals surface area contributed by atoms with Gasteiger partial charge in [-0.05, 0) is 36.8 Å². The number of nitrogens with one attached hydrogen (secondary N) is 4. The van der Waals surface area contributed by atoms with E-state index in [1.807, 2.05) is 60.7 Å². The van der Waals surface area contributed by atoms with Crippen molar-refractivity contribution in [2.24, 2.45) is 11.8 Å². The van der Waals surface area contributed by atoms with Gasteiger partial charge in [-0.25, -0.2) is 19.6 Å². The molecule has 0 fully saturated rings. The number of carbonyl (C=O) groups is 6. The molecule has 0 aliphatic heterocycles. The fraction of sp³-hybridized carbons (Fsp3) is 0.400. The minimum absolute atomic E-state index is 0.0349. The van der Waals surface area contributed by atoms with Gasteiger partial charge in [-0.15, -0.1) is 0 Å². The maximum Gasteiger partial charge on any atom is 0.329 e. The maximum absolute atomic E-state index is 13.7. The molecule has 4 N–H and O–H groups in total. The van der Waals surface area contributed by atoms with Crippen molar-refractivity contribution in [1.82, 2.24) is 40.4 Å². The number of hydrogen-bond acceptors (Lipinski definition) is 10. The van der Waals surface area contributed by atoms with Crippen LogP contribution in [-0.2, 0) is 32.3 Å². The Morgan fingerprint density at radius 3 is 1.29 bits per heavy atom. The number of esters is 2. The number of rotatable bonds is 19. The summed E-state index contributed by atoms with van der Waals surface area (Å²) < 4.78 is 10.9. The van der Waals surface area contributed by atoms with Crippen LogP contribution in [0.4, 0.5) is 0 Å². The largest absolute Gasteiger partial charge is 0.459 e. The minimum Gasteiger partial charge on any atom is -0.459 e. The lowest BCUT2D eigenvalue weighted by molar-refractivity contribution is -0.149. The molecule has 0 aliphatic rings. The highest BCUT2D eigenvalue weighted by molar-refractivity contribution is 6.06. The molecule has 4 aromatic rings. The third-order valence-corrected chi connectivity index (χ3v) is 8.98. The van der Waals surface area contributed by atoms with Gasteiger partial charge in [0.25, 0.3) is 23.6 Å². The highest BCUT2D eigenvalue weighted by Crippen LogP contribution is 2.15. The Balaban J connectivity index is 1.38. The second kappa shape index (κ2) is 20.4. The quantitative estimate of drug-likeness (QED) is 0.102. The summed E-state index contributed by atoms with van der Waals surface area (Å²) in [6, 6.07) is 16.3. The van der Waals surface area contributed by atoms with Crippen LogP contribution in [0.25, 0.3) is 0 Å². The number of amides is 4. The number of benzene rings is 2. The molecular formula is C40H50N8O8. The molecule has 0 spiro atoms. The number of likely N-dealkylation sites (N-methyl/N-ethyl adjacent to an activating group) is 2. The lowest BCUT2D eigenvalue weighted by atomic mass is 10.0. The Hall–Kier alpha value is -6.32. The number of H-pyrrole nitrogens is 2. The standard InChI is InChI=1S/C40H50N8O8/c1-7-47(37(51)33-31(41-23-43-33)35(49)45-29(25(3)4)39(53)55-21-27-15-11-9-12-16-27)19-20-48(8-2)38(52)34-32(42-24-44-34)36(50)46-30(26(5)6)40(54)56-22-28-17-13-10-14-18-28/h9-18,23-26,29-30H,7-8,19-22H2,1-6H3,(H,41,43)(H,42,44)(H,45,49)(H,46,50)/t29-,30-/m0/s1. The van der Waals surface area contributed by atoms with Crippen molar-refractivity contribution in [3.05, 3.63) is 107 Å². The fourth-order valence-electron chi connectivity index (χ4n) is 5.67. The van der Waals surface area contributed by atoms with Gasteiger partial charge in [0.05, 0.1) is 12.7 Å². The number of ether oxygens (including phenoxy) is 2. The summed E-state index contributed by atoms with van der Waals surface area (Å²) in [6.45, 7) is 11.2. The van der Waals surface area contributed by atoms with Gasteiger partial charge in [-0.2, -0.15) is 0 Å². The van der Waals surface area contributed by atoms with E-state index in [0.717, 1.165) is 11.1 Å². The van der Waals surface area contributed by atoms with Crippen molar-refractivity contribution in [2.45, 2.75) is 66.8 Å². The Bertz CT molecular complexity index is 1800. The summed E-state index contributed by atoms with van der Waals surface area (Å²) in [4.78, 5) is 96.7. The fourth-order valence-corrected chi connectivity index (χ4v) is 5.67. The monoisotopic (exact) mass is 770 g/mol. The van der Waals surface area contributed by atoms with E-state index in [1.165, 1.54) is 22.5 Å². The lowest BCUT2D eigenvalue weighted by Crippen LogP contribution is -2.46. The van der Waals surface area contributed by atoms with Crippen LogP contribution in [0.5, 0.6) is 0 Å². The van der Waals surface area contributed by atoms with Gasteiger partial charge in [0.15, 0.2) is 11.4 Å².